The van der Waals surface area contributed by atoms with Crippen LogP contribution in [0.2, 0.25) is 0 Å². The molecule has 0 aliphatic carbocycles. The van der Waals surface area contributed by atoms with Crippen molar-refractivity contribution in [2.24, 2.45) is 0 Å². The van der Waals surface area contributed by atoms with Gasteiger partial charge in [-0.15, -0.1) is 0 Å². The van der Waals surface area contributed by atoms with Gasteiger partial charge in [0.1, 0.15) is 5.82 Å². The van der Waals surface area contributed by atoms with Crippen LogP contribution in [0.5, 0.6) is 0 Å². The number of nitrogens with zero attached hydrogens (tertiary/aromatic N) is 3. The highest BCUT2D eigenvalue weighted by Gasteiger charge is 2.35. The molecule has 2 N–H and O–H groups in total. The Kier molecular flexibility index (Phi) is 3.94. The number of nitrogen functional groups attached to an aromatic ring is 1. The van der Waals surface area contributed by atoms with Crippen LogP contribution in [0, 0.1) is 0 Å². The highest BCUT2D eigenvalue weighted by molar-refractivity contribution is 5.28. The van der Waals surface area contributed by atoms with Crippen LogP contribution >= 0.6 is 0 Å². The van der Waals surface area contributed by atoms with E-state index in [9.17, 15) is 26.3 Å². The SMILES string of the molecule is Nc1nc(Cc2cccc(C(F)(F)F)c2)nc(C(F)(F)F)n1. The molecular formula is C12H8F6N4. The molecule has 22 heavy (non-hydrogen) atoms. The Balaban J connectivity index is 2.34. The van der Waals surface area contributed by atoms with Crippen molar-refractivity contribution in [3.63, 3.8) is 0 Å². The molecule has 1 aromatic heterocycles. The summed E-state index contributed by atoms with van der Waals surface area (Å²) in [6.07, 6.45) is -9.70. The number of alkyl halides is 6. The van der Waals surface area contributed by atoms with Crippen LogP contribution < -0.4 is 5.73 Å². The minimum absolute atomic E-state index is 0.105. The Labute approximate surface area is 120 Å². The molecule has 0 atom stereocenters. The van der Waals surface area contributed by atoms with Gasteiger partial charge in [0.05, 0.1) is 5.56 Å². The lowest BCUT2D eigenvalue weighted by Crippen LogP contribution is -2.16. The standard InChI is InChI=1S/C12H8F6N4/c13-11(14,15)7-3-1-2-6(4-7)5-8-20-9(12(16,17)18)22-10(19)21-8/h1-4H,5H2,(H2,19,20,21,22). The van der Waals surface area contributed by atoms with Crippen molar-refractivity contribution < 1.29 is 26.3 Å². The second-order valence-corrected chi connectivity index (χ2v) is 4.31. The fourth-order valence-electron chi connectivity index (χ4n) is 1.68. The maximum absolute atomic E-state index is 12.6. The Morgan fingerprint density at radius 3 is 2.18 bits per heavy atom. The van der Waals surface area contributed by atoms with Crippen LogP contribution in [0.15, 0.2) is 24.3 Å². The first-order valence-corrected chi connectivity index (χ1v) is 5.79. The quantitative estimate of drug-likeness (QED) is 0.863. The summed E-state index contributed by atoms with van der Waals surface area (Å²) in [5.41, 5.74) is 4.36. The minimum atomic E-state index is -4.82. The summed E-state index contributed by atoms with van der Waals surface area (Å²) in [7, 11) is 0. The van der Waals surface area contributed by atoms with Gasteiger partial charge in [-0.1, -0.05) is 18.2 Å². The van der Waals surface area contributed by atoms with Gasteiger partial charge < -0.3 is 5.73 Å². The molecule has 1 aromatic carbocycles. The Morgan fingerprint density at radius 2 is 1.59 bits per heavy atom. The first-order chi connectivity index (χ1) is 10.1. The van der Waals surface area contributed by atoms with Crippen molar-refractivity contribution in [3.8, 4) is 0 Å². The molecule has 0 aliphatic heterocycles. The largest absolute Gasteiger partial charge is 0.451 e. The first kappa shape index (κ1) is 16.0. The van der Waals surface area contributed by atoms with E-state index in [0.29, 0.717) is 0 Å². The third kappa shape index (κ3) is 3.83. The van der Waals surface area contributed by atoms with Gasteiger partial charge >= 0.3 is 12.4 Å². The van der Waals surface area contributed by atoms with Crippen LogP contribution in [-0.4, -0.2) is 15.0 Å². The maximum atomic E-state index is 12.6. The normalized spacial score (nSPS) is 12.5. The summed E-state index contributed by atoms with van der Waals surface area (Å²) in [6, 6.07) is 4.13. The van der Waals surface area contributed by atoms with E-state index in [1.54, 1.807) is 0 Å². The number of benzene rings is 1. The Bertz CT molecular complexity index is 680. The Morgan fingerprint density at radius 1 is 0.909 bits per heavy atom. The fraction of sp³-hybridized carbons (Fsp3) is 0.250. The van der Waals surface area contributed by atoms with E-state index in [-0.39, 0.29) is 17.8 Å². The van der Waals surface area contributed by atoms with Crippen LogP contribution in [0.3, 0.4) is 0 Å². The summed E-state index contributed by atoms with van der Waals surface area (Å²) >= 11 is 0. The van der Waals surface area contributed by atoms with Crippen molar-refractivity contribution in [1.82, 2.24) is 15.0 Å². The van der Waals surface area contributed by atoms with Gasteiger partial charge in [-0.25, -0.2) is 4.98 Å². The predicted molar refractivity (Wildman–Crippen MR) is 63.5 cm³/mol. The monoisotopic (exact) mass is 322 g/mol. The number of hydrogen-bond acceptors (Lipinski definition) is 4. The number of halogens is 6. The summed E-state index contributed by atoms with van der Waals surface area (Å²) in [5, 5.41) is 0. The highest BCUT2D eigenvalue weighted by Crippen LogP contribution is 2.30. The van der Waals surface area contributed by atoms with Crippen molar-refractivity contribution in [3.05, 3.63) is 47.0 Å². The zero-order valence-corrected chi connectivity index (χ0v) is 10.7. The fourth-order valence-corrected chi connectivity index (χ4v) is 1.68. The van der Waals surface area contributed by atoms with Gasteiger partial charge in [0.25, 0.3) is 0 Å². The minimum Gasteiger partial charge on any atom is -0.368 e. The van der Waals surface area contributed by atoms with Crippen molar-refractivity contribution in [1.29, 1.82) is 0 Å². The van der Waals surface area contributed by atoms with E-state index >= 15 is 0 Å². The van der Waals surface area contributed by atoms with Gasteiger partial charge in [-0.2, -0.15) is 36.3 Å². The topological polar surface area (TPSA) is 64.7 Å². The summed E-state index contributed by atoms with van der Waals surface area (Å²) in [6.45, 7) is 0. The average Bonchev–Trinajstić information content (AvgIpc) is 2.36. The smallest absolute Gasteiger partial charge is 0.368 e. The molecule has 0 fully saturated rings. The van der Waals surface area contributed by atoms with Crippen LogP contribution in [0.4, 0.5) is 32.3 Å². The lowest BCUT2D eigenvalue weighted by Gasteiger charge is -2.10. The molecule has 0 spiro atoms. The average molecular weight is 322 g/mol. The molecule has 0 radical (unpaired) electrons. The van der Waals surface area contributed by atoms with E-state index in [4.69, 9.17) is 5.73 Å². The van der Waals surface area contributed by atoms with Crippen molar-refractivity contribution in [2.45, 2.75) is 18.8 Å². The molecular weight excluding hydrogens is 314 g/mol. The summed E-state index contributed by atoms with van der Waals surface area (Å²) in [4.78, 5) is 9.65. The third-order valence-electron chi connectivity index (χ3n) is 2.57. The van der Waals surface area contributed by atoms with E-state index in [1.165, 1.54) is 6.07 Å². The van der Waals surface area contributed by atoms with Crippen LogP contribution in [0.25, 0.3) is 0 Å². The number of nitrogens with two attached hydrogens (primary N) is 1. The number of anilines is 1. The zero-order chi connectivity index (χ0) is 16.5. The zero-order valence-electron chi connectivity index (χ0n) is 10.7. The number of hydrogen-bond donors (Lipinski definition) is 1. The van der Waals surface area contributed by atoms with Gasteiger partial charge in [0.15, 0.2) is 0 Å². The molecule has 0 unspecified atom stereocenters. The molecule has 0 amide bonds. The van der Waals surface area contributed by atoms with Gasteiger partial charge in [0.2, 0.25) is 11.8 Å². The summed E-state index contributed by atoms with van der Waals surface area (Å²) in [5.74, 6) is -2.49. The molecule has 4 nitrogen and oxygen atoms in total. The molecule has 0 saturated heterocycles. The molecule has 2 aromatic rings. The lowest BCUT2D eigenvalue weighted by molar-refractivity contribution is -0.145. The second-order valence-electron chi connectivity index (χ2n) is 4.31. The first-order valence-electron chi connectivity index (χ1n) is 5.79. The lowest BCUT2D eigenvalue weighted by atomic mass is 10.1. The van der Waals surface area contributed by atoms with Gasteiger partial charge in [0, 0.05) is 6.42 Å². The van der Waals surface area contributed by atoms with Crippen LogP contribution in [0.1, 0.15) is 22.8 Å². The molecule has 118 valence electrons. The van der Waals surface area contributed by atoms with E-state index in [2.05, 4.69) is 15.0 Å². The van der Waals surface area contributed by atoms with Crippen molar-refractivity contribution in [2.75, 3.05) is 5.73 Å². The van der Waals surface area contributed by atoms with Gasteiger partial charge in [-0.05, 0) is 11.6 Å². The molecule has 0 bridgehead atoms. The Hall–Kier alpha value is -2.39. The second kappa shape index (κ2) is 5.43. The van der Waals surface area contributed by atoms with Crippen molar-refractivity contribution >= 4 is 5.95 Å². The van der Waals surface area contributed by atoms with E-state index < -0.39 is 29.7 Å². The van der Waals surface area contributed by atoms with Crippen LogP contribution in [-0.2, 0) is 18.8 Å². The molecule has 0 aliphatic rings. The van der Waals surface area contributed by atoms with E-state index in [0.717, 1.165) is 18.2 Å². The molecule has 10 heteroatoms. The highest BCUT2D eigenvalue weighted by atomic mass is 19.4. The third-order valence-corrected chi connectivity index (χ3v) is 2.57. The number of aromatic nitrogens is 3. The predicted octanol–water partition coefficient (Wildman–Crippen LogP) is 3.08. The van der Waals surface area contributed by atoms with E-state index in [1.807, 2.05) is 0 Å². The molecule has 1 heterocycles. The molecule has 0 saturated carbocycles. The van der Waals surface area contributed by atoms with Gasteiger partial charge in [-0.3, -0.25) is 0 Å². The summed E-state index contributed by atoms with van der Waals surface area (Å²) < 4.78 is 75.4. The maximum Gasteiger partial charge on any atom is 0.451 e. The number of rotatable bonds is 2. The molecule has 2 rings (SSSR count).